The number of carboxylic acids is 1. The van der Waals surface area contributed by atoms with Gasteiger partial charge in [-0.05, 0) is 55.3 Å². The number of rotatable bonds is 4. The summed E-state index contributed by atoms with van der Waals surface area (Å²) in [7, 11) is 3.91. The van der Waals surface area contributed by atoms with Crippen LogP contribution in [0.1, 0.15) is 12.8 Å². The molecule has 0 saturated carbocycles. The predicted molar refractivity (Wildman–Crippen MR) is 110 cm³/mol. The van der Waals surface area contributed by atoms with Gasteiger partial charge in [-0.15, -0.1) is 5.10 Å². The number of imidazole rings is 1. The second kappa shape index (κ2) is 6.95. The van der Waals surface area contributed by atoms with Crippen molar-refractivity contribution in [3.05, 3.63) is 48.1 Å². The number of aryl methyl sites for hydroxylation is 2. The molecule has 3 aromatic rings. The molecular formula is C20H24N6O2. The molecule has 2 aromatic carbocycles. The van der Waals surface area contributed by atoms with Crippen LogP contribution in [0.3, 0.4) is 0 Å². The standard InChI is InChI=1S/C20H24N6O2/c1-24-16-10-5-13(21)12-18(16)25(2)20(24)23-22-14-6-8-15(9-7-14)26-11-3-4-17(26)19(27)28/h5-10,12,17,22H,3-4,11,21H2,1-2H3,(H,27,28). The third-order valence-corrected chi connectivity index (χ3v) is 5.34. The molecule has 0 radical (unpaired) electrons. The smallest absolute Gasteiger partial charge is 0.326 e. The molecule has 1 aliphatic heterocycles. The van der Waals surface area contributed by atoms with Crippen molar-refractivity contribution in [2.24, 2.45) is 19.2 Å². The molecule has 0 amide bonds. The molecule has 1 atom stereocenters. The largest absolute Gasteiger partial charge is 0.480 e. The van der Waals surface area contributed by atoms with Gasteiger partial charge >= 0.3 is 5.97 Å². The van der Waals surface area contributed by atoms with E-state index >= 15 is 0 Å². The van der Waals surface area contributed by atoms with E-state index < -0.39 is 12.0 Å². The number of fused-ring (bicyclic) bond motifs is 1. The fourth-order valence-corrected chi connectivity index (χ4v) is 3.86. The molecule has 8 nitrogen and oxygen atoms in total. The summed E-state index contributed by atoms with van der Waals surface area (Å²) in [6.45, 7) is 0.767. The van der Waals surface area contributed by atoms with E-state index in [1.165, 1.54) is 0 Å². The quantitative estimate of drug-likeness (QED) is 0.475. The Labute approximate surface area is 162 Å². The highest BCUT2D eigenvalue weighted by atomic mass is 16.4. The van der Waals surface area contributed by atoms with Crippen LogP contribution in [0.2, 0.25) is 0 Å². The number of carboxylic acid groups (broad SMARTS) is 1. The van der Waals surface area contributed by atoms with E-state index in [1.807, 2.05) is 70.6 Å². The van der Waals surface area contributed by atoms with Crippen molar-refractivity contribution < 1.29 is 9.90 Å². The molecule has 1 aliphatic rings. The first-order valence-corrected chi connectivity index (χ1v) is 9.26. The highest BCUT2D eigenvalue weighted by molar-refractivity contribution is 5.80. The summed E-state index contributed by atoms with van der Waals surface area (Å²) in [6.07, 6.45) is 1.58. The fourth-order valence-electron chi connectivity index (χ4n) is 3.86. The number of nitrogens with zero attached hydrogens (tertiary/aromatic N) is 4. The average molecular weight is 380 g/mol. The summed E-state index contributed by atoms with van der Waals surface area (Å²) < 4.78 is 3.98. The highest BCUT2D eigenvalue weighted by Gasteiger charge is 2.30. The Morgan fingerprint density at radius 2 is 1.86 bits per heavy atom. The van der Waals surface area contributed by atoms with E-state index in [-0.39, 0.29) is 0 Å². The zero-order valence-electron chi connectivity index (χ0n) is 16.0. The van der Waals surface area contributed by atoms with Crippen molar-refractivity contribution in [3.8, 4) is 0 Å². The zero-order valence-corrected chi connectivity index (χ0v) is 16.0. The van der Waals surface area contributed by atoms with Gasteiger partial charge in [-0.1, -0.05) is 0 Å². The number of benzene rings is 2. The predicted octanol–water partition coefficient (Wildman–Crippen LogP) is 2.08. The van der Waals surface area contributed by atoms with Gasteiger partial charge in [0.1, 0.15) is 6.04 Å². The first kappa shape index (κ1) is 18.0. The summed E-state index contributed by atoms with van der Waals surface area (Å²) >= 11 is 0. The summed E-state index contributed by atoms with van der Waals surface area (Å²) in [5.41, 5.74) is 14.3. The van der Waals surface area contributed by atoms with Crippen LogP contribution in [-0.4, -0.2) is 32.8 Å². The Bertz CT molecular complexity index is 1100. The van der Waals surface area contributed by atoms with Crippen LogP contribution in [0.5, 0.6) is 0 Å². The molecule has 1 saturated heterocycles. The van der Waals surface area contributed by atoms with Gasteiger partial charge < -0.3 is 24.9 Å². The SMILES string of the molecule is Cn1c(=NNc2ccc(N3CCCC3C(=O)O)cc2)n(C)c2cc(N)ccc21. The summed E-state index contributed by atoms with van der Waals surface area (Å²) in [5, 5.41) is 13.9. The van der Waals surface area contributed by atoms with Crippen LogP contribution in [-0.2, 0) is 18.9 Å². The van der Waals surface area contributed by atoms with E-state index in [4.69, 9.17) is 5.73 Å². The number of aromatic nitrogens is 2. The van der Waals surface area contributed by atoms with Crippen molar-refractivity contribution >= 4 is 34.1 Å². The maximum Gasteiger partial charge on any atom is 0.326 e. The molecule has 4 rings (SSSR count). The van der Waals surface area contributed by atoms with Crippen LogP contribution in [0.25, 0.3) is 11.0 Å². The first-order chi connectivity index (χ1) is 13.5. The minimum absolute atomic E-state index is 0.439. The third-order valence-electron chi connectivity index (χ3n) is 5.34. The van der Waals surface area contributed by atoms with Crippen LogP contribution in [0.15, 0.2) is 47.6 Å². The lowest BCUT2D eigenvalue weighted by Gasteiger charge is -2.23. The number of nitrogen functional groups attached to an aromatic ring is 1. The molecule has 4 N–H and O–H groups in total. The van der Waals surface area contributed by atoms with E-state index in [2.05, 4.69) is 10.5 Å². The Kier molecular flexibility index (Phi) is 4.46. The van der Waals surface area contributed by atoms with Gasteiger partial charge in [0.05, 0.1) is 16.7 Å². The molecule has 2 heterocycles. The van der Waals surface area contributed by atoms with Gasteiger partial charge in [0.15, 0.2) is 0 Å². The van der Waals surface area contributed by atoms with Crippen LogP contribution < -0.4 is 21.7 Å². The molecule has 1 unspecified atom stereocenters. The van der Waals surface area contributed by atoms with E-state index in [0.717, 1.165) is 41.0 Å². The van der Waals surface area contributed by atoms with Crippen molar-refractivity contribution in [2.45, 2.75) is 18.9 Å². The number of nitrogens with two attached hydrogens (primary N) is 1. The molecule has 1 fully saturated rings. The van der Waals surface area contributed by atoms with E-state index in [0.29, 0.717) is 12.1 Å². The lowest BCUT2D eigenvalue weighted by atomic mass is 10.2. The summed E-state index contributed by atoms with van der Waals surface area (Å²) in [6, 6.07) is 13.0. The molecule has 146 valence electrons. The van der Waals surface area contributed by atoms with Crippen LogP contribution in [0.4, 0.5) is 17.1 Å². The van der Waals surface area contributed by atoms with Crippen LogP contribution >= 0.6 is 0 Å². The van der Waals surface area contributed by atoms with Crippen molar-refractivity contribution in [1.29, 1.82) is 0 Å². The lowest BCUT2D eigenvalue weighted by molar-refractivity contribution is -0.138. The van der Waals surface area contributed by atoms with Gasteiger partial charge in [-0.25, -0.2) is 4.79 Å². The molecular weight excluding hydrogens is 356 g/mol. The zero-order chi connectivity index (χ0) is 19.8. The molecule has 0 spiro atoms. The molecule has 0 aliphatic carbocycles. The molecule has 1 aromatic heterocycles. The van der Waals surface area contributed by atoms with Crippen LogP contribution in [0, 0.1) is 0 Å². The third kappa shape index (κ3) is 3.06. The monoisotopic (exact) mass is 380 g/mol. The number of hydrogen-bond donors (Lipinski definition) is 3. The number of carbonyl (C=O) groups is 1. The maximum absolute atomic E-state index is 11.4. The Balaban J connectivity index is 1.59. The van der Waals surface area contributed by atoms with E-state index in [1.54, 1.807) is 0 Å². The second-order valence-corrected chi connectivity index (χ2v) is 7.13. The summed E-state index contributed by atoms with van der Waals surface area (Å²) in [5.74, 6) is -0.765. The van der Waals surface area contributed by atoms with Crippen molar-refractivity contribution in [1.82, 2.24) is 9.13 Å². The average Bonchev–Trinajstić information content (AvgIpc) is 3.26. The Morgan fingerprint density at radius 3 is 2.57 bits per heavy atom. The van der Waals surface area contributed by atoms with Gasteiger partial charge in [-0.3, -0.25) is 5.43 Å². The molecule has 8 heteroatoms. The van der Waals surface area contributed by atoms with Gasteiger partial charge in [0.25, 0.3) is 0 Å². The van der Waals surface area contributed by atoms with Crippen molar-refractivity contribution in [2.75, 3.05) is 22.6 Å². The second-order valence-electron chi connectivity index (χ2n) is 7.13. The number of anilines is 3. The Morgan fingerprint density at radius 1 is 1.14 bits per heavy atom. The fraction of sp³-hybridized carbons (Fsp3) is 0.300. The number of nitrogens with one attached hydrogen (secondary N) is 1. The number of aliphatic carboxylic acids is 1. The van der Waals surface area contributed by atoms with E-state index in [9.17, 15) is 9.90 Å². The van der Waals surface area contributed by atoms with Gasteiger partial charge in [0.2, 0.25) is 5.62 Å². The topological polar surface area (TPSA) is 101 Å². The first-order valence-electron chi connectivity index (χ1n) is 9.26. The lowest BCUT2D eigenvalue weighted by Crippen LogP contribution is -2.35. The van der Waals surface area contributed by atoms with Gasteiger partial charge in [0, 0.05) is 32.0 Å². The minimum atomic E-state index is -0.765. The molecule has 0 bridgehead atoms. The normalized spacial score (nSPS) is 17.4. The van der Waals surface area contributed by atoms with Crippen molar-refractivity contribution in [3.63, 3.8) is 0 Å². The summed E-state index contributed by atoms with van der Waals surface area (Å²) in [4.78, 5) is 13.3. The molecule has 28 heavy (non-hydrogen) atoms. The highest BCUT2D eigenvalue weighted by Crippen LogP contribution is 2.27. The van der Waals surface area contributed by atoms with Gasteiger partial charge in [-0.2, -0.15) is 0 Å². The minimum Gasteiger partial charge on any atom is -0.480 e. The Hall–Kier alpha value is -3.42. The number of hydrogen-bond acceptors (Lipinski definition) is 5. The maximum atomic E-state index is 11.4.